The predicted octanol–water partition coefficient (Wildman–Crippen LogP) is 5.38. The van der Waals surface area contributed by atoms with Gasteiger partial charge in [0.2, 0.25) is 0 Å². The Morgan fingerprint density at radius 1 is 1.29 bits per heavy atom. The van der Waals surface area contributed by atoms with Crippen molar-refractivity contribution in [3.8, 4) is 5.75 Å². The third-order valence-corrected chi connectivity index (χ3v) is 4.63. The number of fused-ring (bicyclic) bond motifs is 1. The second-order valence-electron chi connectivity index (χ2n) is 5.28. The lowest BCUT2D eigenvalue weighted by atomic mass is 10.2. The van der Waals surface area contributed by atoms with Crippen molar-refractivity contribution in [2.75, 3.05) is 11.9 Å². The van der Waals surface area contributed by atoms with E-state index in [1.54, 1.807) is 12.1 Å². The van der Waals surface area contributed by atoms with Crippen molar-refractivity contribution in [3.05, 3.63) is 53.1 Å². The van der Waals surface area contributed by atoms with E-state index in [1.807, 2.05) is 30.3 Å². The second kappa shape index (κ2) is 7.64. The second-order valence-corrected chi connectivity index (χ2v) is 6.75. The van der Waals surface area contributed by atoms with Crippen LogP contribution in [0.1, 0.15) is 30.1 Å². The first-order chi connectivity index (χ1) is 11.7. The molecule has 1 heterocycles. The largest absolute Gasteiger partial charge is 0.493 e. The summed E-state index contributed by atoms with van der Waals surface area (Å²) in [4.78, 5) is 17.0. The summed E-state index contributed by atoms with van der Waals surface area (Å²) in [6.07, 6.45) is 2.00. The zero-order chi connectivity index (χ0) is 16.9. The van der Waals surface area contributed by atoms with Gasteiger partial charge in [-0.05, 0) is 36.8 Å². The van der Waals surface area contributed by atoms with E-state index in [0.717, 1.165) is 23.1 Å². The molecule has 0 aliphatic carbocycles. The van der Waals surface area contributed by atoms with Crippen LogP contribution < -0.4 is 10.1 Å². The van der Waals surface area contributed by atoms with Gasteiger partial charge in [0.15, 0.2) is 5.13 Å². The van der Waals surface area contributed by atoms with Crippen LogP contribution >= 0.6 is 22.9 Å². The highest BCUT2D eigenvalue weighted by Gasteiger charge is 2.14. The van der Waals surface area contributed by atoms with Crippen molar-refractivity contribution >= 4 is 44.2 Å². The molecule has 0 atom stereocenters. The number of unbranched alkanes of at least 4 members (excludes halogenated alkanes) is 1. The van der Waals surface area contributed by atoms with Gasteiger partial charge in [0, 0.05) is 5.02 Å². The molecule has 0 spiro atoms. The number of nitrogens with zero attached hydrogens (tertiary/aromatic N) is 1. The number of aromatic nitrogens is 1. The van der Waals surface area contributed by atoms with Gasteiger partial charge in [-0.3, -0.25) is 10.1 Å². The molecule has 0 aliphatic heterocycles. The van der Waals surface area contributed by atoms with Gasteiger partial charge in [0.1, 0.15) is 5.75 Å². The number of nitrogens with one attached hydrogen (secondary N) is 1. The van der Waals surface area contributed by atoms with Gasteiger partial charge in [-0.1, -0.05) is 48.4 Å². The minimum Gasteiger partial charge on any atom is -0.493 e. The molecule has 2 aromatic carbocycles. The summed E-state index contributed by atoms with van der Waals surface area (Å²) in [7, 11) is 0. The highest BCUT2D eigenvalue weighted by Crippen LogP contribution is 2.29. The van der Waals surface area contributed by atoms with Crippen LogP contribution in [0.3, 0.4) is 0 Å². The number of halogens is 1. The number of rotatable bonds is 6. The van der Waals surface area contributed by atoms with Gasteiger partial charge >= 0.3 is 0 Å². The number of benzene rings is 2. The lowest BCUT2D eigenvalue weighted by molar-refractivity contribution is 0.102. The smallest absolute Gasteiger partial charge is 0.261 e. The standard InChI is InChI=1S/C18H17ClN2O2S/c1-2-3-10-23-15-7-5-4-6-13(15)17(22)21-18-20-14-9-8-12(19)11-16(14)24-18/h4-9,11H,2-3,10H2,1H3,(H,20,21,22). The Morgan fingerprint density at radius 2 is 2.12 bits per heavy atom. The number of ether oxygens (including phenoxy) is 1. The number of hydrogen-bond acceptors (Lipinski definition) is 4. The summed E-state index contributed by atoms with van der Waals surface area (Å²) in [6.45, 7) is 2.70. The van der Waals surface area contributed by atoms with Crippen molar-refractivity contribution < 1.29 is 9.53 Å². The summed E-state index contributed by atoms with van der Waals surface area (Å²) in [5, 5.41) is 4.04. The number of para-hydroxylation sites is 1. The van der Waals surface area contributed by atoms with Crippen molar-refractivity contribution in [2.24, 2.45) is 0 Å². The quantitative estimate of drug-likeness (QED) is 0.600. The summed E-state index contributed by atoms with van der Waals surface area (Å²) in [5.41, 5.74) is 1.32. The highest BCUT2D eigenvalue weighted by atomic mass is 35.5. The fourth-order valence-corrected chi connectivity index (χ4v) is 3.36. The van der Waals surface area contributed by atoms with E-state index in [9.17, 15) is 4.79 Å². The summed E-state index contributed by atoms with van der Waals surface area (Å²) in [5.74, 6) is 0.361. The van der Waals surface area contributed by atoms with Crippen LogP contribution in [0.2, 0.25) is 5.02 Å². The number of anilines is 1. The van der Waals surface area contributed by atoms with Crippen molar-refractivity contribution in [3.63, 3.8) is 0 Å². The maximum atomic E-state index is 12.6. The Bertz CT molecular complexity index is 863. The molecule has 0 bridgehead atoms. The minimum atomic E-state index is -0.229. The lowest BCUT2D eigenvalue weighted by Crippen LogP contribution is -2.13. The third-order valence-electron chi connectivity index (χ3n) is 3.46. The summed E-state index contributed by atoms with van der Waals surface area (Å²) < 4.78 is 6.65. The monoisotopic (exact) mass is 360 g/mol. The van der Waals surface area contributed by atoms with E-state index < -0.39 is 0 Å². The Kier molecular flexibility index (Phi) is 5.33. The third kappa shape index (κ3) is 3.86. The minimum absolute atomic E-state index is 0.229. The topological polar surface area (TPSA) is 51.2 Å². The molecule has 0 saturated carbocycles. The molecule has 0 unspecified atom stereocenters. The normalized spacial score (nSPS) is 10.8. The van der Waals surface area contributed by atoms with Crippen LogP contribution in [0, 0.1) is 0 Å². The fraction of sp³-hybridized carbons (Fsp3) is 0.222. The number of amides is 1. The SMILES string of the molecule is CCCCOc1ccccc1C(=O)Nc1nc2ccc(Cl)cc2s1. The molecule has 0 fully saturated rings. The van der Waals surface area contributed by atoms with Gasteiger partial charge in [0.25, 0.3) is 5.91 Å². The Morgan fingerprint density at radius 3 is 2.96 bits per heavy atom. The molecule has 0 aliphatic rings. The first kappa shape index (κ1) is 16.7. The predicted molar refractivity (Wildman–Crippen MR) is 99.4 cm³/mol. The number of carbonyl (C=O) groups excluding carboxylic acids is 1. The maximum absolute atomic E-state index is 12.6. The Labute approximate surface area is 149 Å². The molecular weight excluding hydrogens is 344 g/mol. The van der Waals surface area contributed by atoms with Crippen LogP contribution in [-0.2, 0) is 0 Å². The summed E-state index contributed by atoms with van der Waals surface area (Å²) in [6, 6.07) is 12.7. The molecule has 1 aromatic heterocycles. The molecule has 1 amide bonds. The first-order valence-corrected chi connectivity index (χ1v) is 8.96. The Balaban J connectivity index is 1.78. The van der Waals surface area contributed by atoms with Crippen LogP contribution in [-0.4, -0.2) is 17.5 Å². The molecule has 0 saturated heterocycles. The zero-order valence-corrected chi connectivity index (χ0v) is 14.8. The van der Waals surface area contributed by atoms with Crippen LogP contribution in [0.15, 0.2) is 42.5 Å². The molecule has 124 valence electrons. The highest BCUT2D eigenvalue weighted by molar-refractivity contribution is 7.22. The van der Waals surface area contributed by atoms with Crippen LogP contribution in [0.25, 0.3) is 10.2 Å². The van der Waals surface area contributed by atoms with Crippen LogP contribution in [0.5, 0.6) is 5.75 Å². The molecule has 1 N–H and O–H groups in total. The van der Waals surface area contributed by atoms with Gasteiger partial charge in [-0.2, -0.15) is 0 Å². The maximum Gasteiger partial charge on any atom is 0.261 e. The number of carbonyl (C=O) groups is 1. The van der Waals surface area contributed by atoms with Gasteiger partial charge in [-0.25, -0.2) is 4.98 Å². The number of hydrogen-bond donors (Lipinski definition) is 1. The number of thiazole rings is 1. The van der Waals surface area contributed by atoms with E-state index >= 15 is 0 Å². The average molecular weight is 361 g/mol. The van der Waals surface area contributed by atoms with Gasteiger partial charge in [-0.15, -0.1) is 0 Å². The van der Waals surface area contributed by atoms with E-state index in [0.29, 0.717) is 28.1 Å². The molecule has 6 heteroatoms. The van der Waals surface area contributed by atoms with Gasteiger partial charge in [0.05, 0.1) is 22.4 Å². The zero-order valence-electron chi connectivity index (χ0n) is 13.2. The molecular formula is C18H17ClN2O2S. The summed E-state index contributed by atoms with van der Waals surface area (Å²) >= 11 is 7.38. The van der Waals surface area contributed by atoms with E-state index in [2.05, 4.69) is 17.2 Å². The molecule has 3 aromatic rings. The molecule has 3 rings (SSSR count). The van der Waals surface area contributed by atoms with Crippen molar-refractivity contribution in [1.82, 2.24) is 4.98 Å². The van der Waals surface area contributed by atoms with E-state index in [1.165, 1.54) is 11.3 Å². The van der Waals surface area contributed by atoms with E-state index in [-0.39, 0.29) is 5.91 Å². The van der Waals surface area contributed by atoms with Gasteiger partial charge < -0.3 is 4.74 Å². The lowest BCUT2D eigenvalue weighted by Gasteiger charge is -2.10. The molecule has 24 heavy (non-hydrogen) atoms. The first-order valence-electron chi connectivity index (χ1n) is 7.76. The molecule has 4 nitrogen and oxygen atoms in total. The fourth-order valence-electron chi connectivity index (χ4n) is 2.22. The molecule has 0 radical (unpaired) electrons. The van der Waals surface area contributed by atoms with E-state index in [4.69, 9.17) is 16.3 Å². The van der Waals surface area contributed by atoms with Crippen molar-refractivity contribution in [2.45, 2.75) is 19.8 Å². The average Bonchev–Trinajstić information content (AvgIpc) is 2.96. The van der Waals surface area contributed by atoms with Crippen LogP contribution in [0.4, 0.5) is 5.13 Å². The Hall–Kier alpha value is -2.11. The van der Waals surface area contributed by atoms with Crippen molar-refractivity contribution in [1.29, 1.82) is 0 Å².